The first-order valence-corrected chi connectivity index (χ1v) is 6.50. The van der Waals surface area contributed by atoms with E-state index in [0.29, 0.717) is 10.9 Å². The largest absolute Gasteiger partial charge is 0.476 e. The molecule has 0 bridgehead atoms. The van der Waals surface area contributed by atoms with Crippen molar-refractivity contribution in [2.75, 3.05) is 0 Å². The predicted octanol–water partition coefficient (Wildman–Crippen LogP) is 2.49. The van der Waals surface area contributed by atoms with E-state index in [1.807, 2.05) is 0 Å². The Balaban J connectivity index is 1.72. The number of nitrogens with zero attached hydrogens (tertiary/aromatic N) is 2. The number of carboxylic acids is 1. The van der Waals surface area contributed by atoms with Gasteiger partial charge in [-0.05, 0) is 24.8 Å². The molecule has 0 saturated carbocycles. The monoisotopic (exact) mass is 294 g/mol. The van der Waals surface area contributed by atoms with Gasteiger partial charge >= 0.3 is 5.97 Å². The van der Waals surface area contributed by atoms with E-state index in [4.69, 9.17) is 25.9 Å². The minimum absolute atomic E-state index is 0.00932. The number of ether oxygens (including phenoxy) is 1. The lowest BCUT2D eigenvalue weighted by Crippen LogP contribution is -2.01. The zero-order valence-electron chi connectivity index (χ0n) is 10.4. The molecule has 2 aromatic rings. The van der Waals surface area contributed by atoms with E-state index in [-0.39, 0.29) is 18.2 Å². The van der Waals surface area contributed by atoms with Gasteiger partial charge in [0.05, 0.1) is 5.02 Å². The highest BCUT2D eigenvalue weighted by Gasteiger charge is 2.18. The fraction of sp³-hybridized carbons (Fsp3) is 0.308. The number of carbonyl (C=O) groups is 1. The van der Waals surface area contributed by atoms with Crippen LogP contribution in [0, 0.1) is 0 Å². The maximum absolute atomic E-state index is 10.7. The fourth-order valence-corrected chi connectivity index (χ4v) is 2.45. The standard InChI is InChI=1S/C13H11ClN2O4/c14-8-4-11(15-9-3-1-2-7(8)9)20-6-12-16-10(5-19-12)13(17)18/h4-5H,1-3,6H2,(H,17,18). The molecule has 0 unspecified atom stereocenters. The summed E-state index contributed by atoms with van der Waals surface area (Å²) in [4.78, 5) is 18.8. The first-order valence-electron chi connectivity index (χ1n) is 6.12. The summed E-state index contributed by atoms with van der Waals surface area (Å²) in [7, 11) is 0. The highest BCUT2D eigenvalue weighted by Crippen LogP contribution is 2.30. The summed E-state index contributed by atoms with van der Waals surface area (Å²) in [6.07, 6.45) is 3.97. The summed E-state index contributed by atoms with van der Waals surface area (Å²) >= 11 is 6.17. The summed E-state index contributed by atoms with van der Waals surface area (Å²) in [6.45, 7) is 0.00932. The molecule has 1 aliphatic carbocycles. The molecule has 7 heteroatoms. The van der Waals surface area contributed by atoms with E-state index >= 15 is 0 Å². The van der Waals surface area contributed by atoms with Gasteiger partial charge in [-0.2, -0.15) is 0 Å². The Morgan fingerprint density at radius 3 is 3.05 bits per heavy atom. The maximum Gasteiger partial charge on any atom is 0.357 e. The minimum Gasteiger partial charge on any atom is -0.476 e. The lowest BCUT2D eigenvalue weighted by molar-refractivity contribution is 0.0690. The van der Waals surface area contributed by atoms with Gasteiger partial charge in [-0.3, -0.25) is 0 Å². The number of aryl methyl sites for hydroxylation is 1. The van der Waals surface area contributed by atoms with Crippen LogP contribution in [0.1, 0.15) is 34.1 Å². The molecule has 20 heavy (non-hydrogen) atoms. The van der Waals surface area contributed by atoms with Crippen LogP contribution in [-0.2, 0) is 19.4 Å². The number of fused-ring (bicyclic) bond motifs is 1. The third-order valence-electron chi connectivity index (χ3n) is 3.09. The fourth-order valence-electron chi connectivity index (χ4n) is 2.15. The Morgan fingerprint density at radius 1 is 1.45 bits per heavy atom. The first kappa shape index (κ1) is 12.9. The van der Waals surface area contributed by atoms with E-state index in [2.05, 4.69) is 9.97 Å². The topological polar surface area (TPSA) is 85.5 Å². The number of oxazole rings is 1. The number of rotatable bonds is 4. The van der Waals surface area contributed by atoms with Crippen molar-refractivity contribution in [2.24, 2.45) is 0 Å². The predicted molar refractivity (Wildman–Crippen MR) is 69.1 cm³/mol. The lowest BCUT2D eigenvalue weighted by Gasteiger charge is -2.07. The number of aromatic carboxylic acids is 1. The van der Waals surface area contributed by atoms with Crippen molar-refractivity contribution < 1.29 is 19.1 Å². The number of halogens is 1. The van der Waals surface area contributed by atoms with Gasteiger partial charge in [0.15, 0.2) is 12.3 Å². The van der Waals surface area contributed by atoms with Crippen LogP contribution in [0.15, 0.2) is 16.7 Å². The van der Waals surface area contributed by atoms with Crippen molar-refractivity contribution in [3.63, 3.8) is 0 Å². The lowest BCUT2D eigenvalue weighted by atomic mass is 10.2. The zero-order valence-corrected chi connectivity index (χ0v) is 11.2. The number of aromatic nitrogens is 2. The van der Waals surface area contributed by atoms with Gasteiger partial charge in [0.25, 0.3) is 0 Å². The third-order valence-corrected chi connectivity index (χ3v) is 3.42. The molecule has 0 amide bonds. The molecule has 6 nitrogen and oxygen atoms in total. The second-order valence-corrected chi connectivity index (χ2v) is 4.85. The quantitative estimate of drug-likeness (QED) is 0.932. The Labute approximate surface area is 119 Å². The number of hydrogen-bond acceptors (Lipinski definition) is 5. The smallest absolute Gasteiger partial charge is 0.357 e. The average molecular weight is 295 g/mol. The molecule has 104 valence electrons. The van der Waals surface area contributed by atoms with Crippen LogP contribution in [0.2, 0.25) is 5.02 Å². The van der Waals surface area contributed by atoms with Crippen molar-refractivity contribution in [1.82, 2.24) is 9.97 Å². The molecule has 0 aromatic carbocycles. The molecule has 2 heterocycles. The van der Waals surface area contributed by atoms with Gasteiger partial charge in [-0.15, -0.1) is 0 Å². The van der Waals surface area contributed by atoms with Crippen LogP contribution in [0.4, 0.5) is 0 Å². The van der Waals surface area contributed by atoms with Crippen LogP contribution < -0.4 is 4.74 Å². The molecule has 0 aliphatic heterocycles. The molecule has 0 radical (unpaired) electrons. The summed E-state index contributed by atoms with van der Waals surface area (Å²) in [5.74, 6) is -0.565. The number of hydrogen-bond donors (Lipinski definition) is 1. The van der Waals surface area contributed by atoms with Crippen LogP contribution in [0.5, 0.6) is 5.88 Å². The first-order chi connectivity index (χ1) is 9.63. The third kappa shape index (κ3) is 2.46. The molecule has 1 aliphatic rings. The van der Waals surface area contributed by atoms with Crippen LogP contribution in [-0.4, -0.2) is 21.0 Å². The average Bonchev–Trinajstić information content (AvgIpc) is 3.05. The maximum atomic E-state index is 10.7. The second-order valence-electron chi connectivity index (χ2n) is 4.44. The van der Waals surface area contributed by atoms with Gasteiger partial charge in [-0.1, -0.05) is 11.6 Å². The summed E-state index contributed by atoms with van der Waals surface area (Å²) in [5.41, 5.74) is 1.90. The molecule has 0 saturated heterocycles. The van der Waals surface area contributed by atoms with Gasteiger partial charge in [0.1, 0.15) is 6.26 Å². The molecular formula is C13H11ClN2O4. The highest BCUT2D eigenvalue weighted by molar-refractivity contribution is 6.31. The van der Waals surface area contributed by atoms with Crippen molar-refractivity contribution in [3.05, 3.63) is 40.2 Å². The van der Waals surface area contributed by atoms with Crippen LogP contribution >= 0.6 is 11.6 Å². The highest BCUT2D eigenvalue weighted by atomic mass is 35.5. The summed E-state index contributed by atoms with van der Waals surface area (Å²) < 4.78 is 10.4. The zero-order chi connectivity index (χ0) is 14.1. The van der Waals surface area contributed by atoms with E-state index in [1.54, 1.807) is 6.07 Å². The summed E-state index contributed by atoms with van der Waals surface area (Å²) in [6, 6.07) is 1.66. The van der Waals surface area contributed by atoms with Gasteiger partial charge in [0, 0.05) is 11.8 Å². The Kier molecular flexibility index (Phi) is 3.31. The molecule has 0 atom stereocenters. The van der Waals surface area contributed by atoms with E-state index in [1.165, 1.54) is 0 Å². The molecular weight excluding hydrogens is 284 g/mol. The molecule has 0 fully saturated rings. The van der Waals surface area contributed by atoms with E-state index in [0.717, 1.165) is 36.8 Å². The Morgan fingerprint density at radius 2 is 2.30 bits per heavy atom. The second kappa shape index (κ2) is 5.13. The van der Waals surface area contributed by atoms with Crippen molar-refractivity contribution >= 4 is 17.6 Å². The molecule has 3 rings (SSSR count). The molecule has 2 aromatic heterocycles. The van der Waals surface area contributed by atoms with E-state index < -0.39 is 5.97 Å². The van der Waals surface area contributed by atoms with Crippen molar-refractivity contribution in [1.29, 1.82) is 0 Å². The van der Waals surface area contributed by atoms with Gasteiger partial charge in [-0.25, -0.2) is 14.8 Å². The van der Waals surface area contributed by atoms with Gasteiger partial charge < -0.3 is 14.3 Å². The molecule has 1 N–H and O–H groups in total. The summed E-state index contributed by atoms with van der Waals surface area (Å²) in [5, 5.41) is 9.39. The van der Waals surface area contributed by atoms with Gasteiger partial charge in [0.2, 0.25) is 11.8 Å². The van der Waals surface area contributed by atoms with Crippen molar-refractivity contribution in [3.8, 4) is 5.88 Å². The molecule has 0 spiro atoms. The normalized spacial score (nSPS) is 13.2. The van der Waals surface area contributed by atoms with E-state index in [9.17, 15) is 4.79 Å². The number of carboxylic acid groups (broad SMARTS) is 1. The van der Waals surface area contributed by atoms with Crippen molar-refractivity contribution in [2.45, 2.75) is 25.9 Å². The number of pyridine rings is 1. The van der Waals surface area contributed by atoms with Crippen LogP contribution in [0.25, 0.3) is 0 Å². The van der Waals surface area contributed by atoms with Crippen LogP contribution in [0.3, 0.4) is 0 Å². The minimum atomic E-state index is -1.14. The SMILES string of the molecule is O=C(O)c1coc(COc2cc(Cl)c3c(n2)CCC3)n1. The Bertz CT molecular complexity index is 668. The Hall–Kier alpha value is -2.08.